The molecule has 0 bridgehead atoms. The highest BCUT2D eigenvalue weighted by Gasteiger charge is 2.76. The molecule has 29 heavy (non-hydrogen) atoms. The molecule has 2 aliphatic rings. The number of carbonyl (C=O) groups excluding carboxylic acids is 3. The number of rotatable bonds is 5. The molecule has 2 saturated heterocycles. The van der Waals surface area contributed by atoms with E-state index < -0.39 is 51.5 Å². The van der Waals surface area contributed by atoms with Gasteiger partial charge in [-0.3, -0.25) is 9.59 Å². The van der Waals surface area contributed by atoms with Gasteiger partial charge < -0.3 is 25.8 Å². The van der Waals surface area contributed by atoms with Crippen LogP contribution in [0.3, 0.4) is 0 Å². The number of fused-ring (bicyclic) bond motifs is 1. The van der Waals surface area contributed by atoms with Gasteiger partial charge in [-0.15, -0.1) is 11.8 Å². The maximum absolute atomic E-state index is 13.0. The van der Waals surface area contributed by atoms with Crippen molar-refractivity contribution >= 4 is 58.1 Å². The summed E-state index contributed by atoms with van der Waals surface area (Å²) in [5.74, 6) is -3.69. The molecule has 0 aliphatic carbocycles. The molecule has 3 rings (SSSR count). The largest absolute Gasteiger partial charge is 0.480 e. The summed E-state index contributed by atoms with van der Waals surface area (Å²) in [6.07, 6.45) is 0. The Hall–Kier alpha value is -1.86. The summed E-state index contributed by atoms with van der Waals surface area (Å²) in [6.45, 7) is 3.34. The Morgan fingerprint density at radius 3 is 2.59 bits per heavy atom. The average Bonchev–Trinajstić information content (AvgIpc) is 2.93. The van der Waals surface area contributed by atoms with Crippen LogP contribution in [0.5, 0.6) is 0 Å². The van der Waals surface area contributed by atoms with E-state index in [0.29, 0.717) is 5.56 Å². The lowest BCUT2D eigenvalue weighted by Crippen LogP contribution is -2.83. The summed E-state index contributed by atoms with van der Waals surface area (Å²) in [5, 5.41) is 11.1. The Labute approximate surface area is 184 Å². The number of aliphatic carboxylic acids is 1. The standard InChI is InChI=1S/C18H20IN3O6S/c1-17(2)11(13(24)25)22-14(26)18(15(22)29-17,16(27)28-3)21-12(23)10(20)8-5-4-6-9(19)7-8/h4-7,10-11,15H,20H2,1-3H3,(H,21,23)(H,24,25)/t10?,11-,15+,18?/m0/s1. The molecule has 2 amide bonds. The first kappa shape index (κ1) is 21.8. The normalized spacial score (nSPS) is 28.2. The lowest BCUT2D eigenvalue weighted by molar-refractivity contribution is -0.180. The van der Waals surface area contributed by atoms with E-state index in [9.17, 15) is 24.3 Å². The van der Waals surface area contributed by atoms with Gasteiger partial charge in [0.25, 0.3) is 5.91 Å². The Kier molecular flexibility index (Phi) is 5.60. The number of β-lactam (4-membered cyclic amide) rings is 1. The number of esters is 1. The molecule has 2 unspecified atom stereocenters. The molecule has 2 heterocycles. The van der Waals surface area contributed by atoms with E-state index in [1.54, 1.807) is 32.0 Å². The van der Waals surface area contributed by atoms with Crippen molar-refractivity contribution in [1.29, 1.82) is 0 Å². The van der Waals surface area contributed by atoms with Crippen molar-refractivity contribution in [2.45, 2.75) is 41.6 Å². The second-order valence-corrected chi connectivity index (χ2v) is 10.3. The fourth-order valence-electron chi connectivity index (χ4n) is 3.70. The summed E-state index contributed by atoms with van der Waals surface area (Å²) in [4.78, 5) is 51.3. The number of benzene rings is 1. The summed E-state index contributed by atoms with van der Waals surface area (Å²) >= 11 is 3.21. The quantitative estimate of drug-likeness (QED) is 0.215. The maximum atomic E-state index is 13.0. The number of thioether (sulfide) groups is 1. The van der Waals surface area contributed by atoms with Gasteiger partial charge in [-0.05, 0) is 54.1 Å². The number of hydrogen-bond acceptors (Lipinski definition) is 7. The lowest BCUT2D eigenvalue weighted by Gasteiger charge is -2.50. The molecule has 0 saturated carbocycles. The van der Waals surface area contributed by atoms with Crippen LogP contribution in [0.15, 0.2) is 24.3 Å². The van der Waals surface area contributed by atoms with Gasteiger partial charge in [0.15, 0.2) is 0 Å². The van der Waals surface area contributed by atoms with Gasteiger partial charge in [0, 0.05) is 8.32 Å². The van der Waals surface area contributed by atoms with Crippen molar-refractivity contribution in [3.05, 3.63) is 33.4 Å². The molecule has 9 nitrogen and oxygen atoms in total. The number of nitrogens with two attached hydrogens (primary N) is 1. The molecule has 2 aliphatic heterocycles. The van der Waals surface area contributed by atoms with E-state index in [1.807, 2.05) is 6.07 Å². The van der Waals surface area contributed by atoms with Crippen LogP contribution < -0.4 is 11.1 Å². The minimum absolute atomic E-state index is 0.515. The SMILES string of the molecule is COC(=O)C1(NC(=O)C(N)c2cccc(I)c2)C(=O)N2[C@@H](C(=O)O)C(C)(C)S[C@@H]21. The van der Waals surface area contributed by atoms with Crippen LogP contribution in [0.1, 0.15) is 25.5 Å². The first-order valence-corrected chi connectivity index (χ1v) is 10.6. The minimum Gasteiger partial charge on any atom is -0.480 e. The molecule has 2 fully saturated rings. The topological polar surface area (TPSA) is 139 Å². The van der Waals surface area contributed by atoms with Crippen molar-refractivity contribution in [3.63, 3.8) is 0 Å². The van der Waals surface area contributed by atoms with Gasteiger partial charge in [0.05, 0.1) is 7.11 Å². The zero-order chi connectivity index (χ0) is 21.7. The number of halogens is 1. The predicted octanol–water partition coefficient (Wildman–Crippen LogP) is 0.466. The average molecular weight is 533 g/mol. The molecular formula is C18H20IN3O6S. The van der Waals surface area contributed by atoms with Gasteiger partial charge in [-0.2, -0.15) is 0 Å². The van der Waals surface area contributed by atoms with Crippen molar-refractivity contribution < 1.29 is 29.0 Å². The van der Waals surface area contributed by atoms with Crippen molar-refractivity contribution in [3.8, 4) is 0 Å². The number of hydrogen-bond donors (Lipinski definition) is 3. The number of carbonyl (C=O) groups is 4. The Morgan fingerprint density at radius 2 is 2.03 bits per heavy atom. The molecule has 4 N–H and O–H groups in total. The number of methoxy groups -OCH3 is 1. The third kappa shape index (κ3) is 3.28. The van der Waals surface area contributed by atoms with Crippen LogP contribution in [0.4, 0.5) is 0 Å². The van der Waals surface area contributed by atoms with Gasteiger partial charge in [-0.25, -0.2) is 9.59 Å². The number of nitrogens with one attached hydrogen (secondary N) is 1. The highest BCUT2D eigenvalue weighted by molar-refractivity contribution is 14.1. The second-order valence-electron chi connectivity index (χ2n) is 7.35. The summed E-state index contributed by atoms with van der Waals surface area (Å²) in [6, 6.07) is 4.70. The number of carboxylic acid groups (broad SMARTS) is 1. The molecular weight excluding hydrogens is 513 g/mol. The van der Waals surface area contributed by atoms with E-state index in [2.05, 4.69) is 27.9 Å². The number of nitrogens with zero attached hydrogens (tertiary/aromatic N) is 1. The maximum Gasteiger partial charge on any atom is 0.344 e. The van der Waals surface area contributed by atoms with E-state index >= 15 is 0 Å². The summed E-state index contributed by atoms with van der Waals surface area (Å²) in [7, 11) is 1.10. The van der Waals surface area contributed by atoms with Crippen LogP contribution in [0.25, 0.3) is 0 Å². The molecule has 0 spiro atoms. The second kappa shape index (κ2) is 7.43. The molecule has 156 valence electrons. The van der Waals surface area contributed by atoms with Crippen molar-refractivity contribution in [2.75, 3.05) is 7.11 Å². The Bertz CT molecular complexity index is 909. The van der Waals surface area contributed by atoms with Crippen LogP contribution in [0.2, 0.25) is 0 Å². The van der Waals surface area contributed by atoms with Gasteiger partial charge in [-0.1, -0.05) is 12.1 Å². The molecule has 0 radical (unpaired) electrons. The predicted molar refractivity (Wildman–Crippen MR) is 113 cm³/mol. The van der Waals surface area contributed by atoms with Crippen molar-refractivity contribution in [1.82, 2.24) is 10.2 Å². The minimum atomic E-state index is -2.02. The highest BCUT2D eigenvalue weighted by Crippen LogP contribution is 2.55. The molecule has 1 aromatic carbocycles. The Morgan fingerprint density at radius 1 is 1.38 bits per heavy atom. The van der Waals surface area contributed by atoms with Crippen LogP contribution in [-0.2, 0) is 23.9 Å². The zero-order valence-corrected chi connectivity index (χ0v) is 18.8. The van der Waals surface area contributed by atoms with E-state index in [-0.39, 0.29) is 0 Å². The summed E-state index contributed by atoms with van der Waals surface area (Å²) < 4.78 is 4.80. The highest BCUT2D eigenvalue weighted by atomic mass is 127. The van der Waals surface area contributed by atoms with Crippen LogP contribution in [-0.4, -0.2) is 62.6 Å². The smallest absolute Gasteiger partial charge is 0.344 e. The third-order valence-corrected chi connectivity index (χ3v) is 7.40. The molecule has 11 heteroatoms. The lowest BCUT2D eigenvalue weighted by atomic mass is 9.84. The number of ether oxygens (including phenoxy) is 1. The first-order chi connectivity index (χ1) is 13.5. The Balaban J connectivity index is 1.94. The number of carboxylic acids is 1. The summed E-state index contributed by atoms with van der Waals surface area (Å²) in [5.41, 5.74) is 4.55. The van der Waals surface area contributed by atoms with E-state index in [0.717, 1.165) is 27.3 Å². The van der Waals surface area contributed by atoms with E-state index in [1.165, 1.54) is 0 Å². The zero-order valence-electron chi connectivity index (χ0n) is 15.8. The monoisotopic (exact) mass is 533 g/mol. The van der Waals surface area contributed by atoms with Crippen LogP contribution >= 0.6 is 34.4 Å². The fourth-order valence-corrected chi connectivity index (χ4v) is 5.95. The van der Waals surface area contributed by atoms with Gasteiger partial charge in [0.1, 0.15) is 17.5 Å². The van der Waals surface area contributed by atoms with Crippen molar-refractivity contribution in [2.24, 2.45) is 5.73 Å². The van der Waals surface area contributed by atoms with Gasteiger partial charge >= 0.3 is 11.9 Å². The third-order valence-electron chi connectivity index (χ3n) is 5.10. The first-order valence-electron chi connectivity index (χ1n) is 8.62. The molecule has 0 aromatic heterocycles. The number of amides is 2. The van der Waals surface area contributed by atoms with Gasteiger partial charge in [0.2, 0.25) is 11.4 Å². The molecule has 4 atom stereocenters. The fraction of sp³-hybridized carbons (Fsp3) is 0.444. The molecule has 1 aromatic rings. The van der Waals surface area contributed by atoms with E-state index in [4.69, 9.17) is 10.5 Å². The van der Waals surface area contributed by atoms with Crippen LogP contribution in [0, 0.1) is 3.57 Å².